The Kier molecular flexibility index (Phi) is 7.95. The van der Waals surface area contributed by atoms with Gasteiger partial charge in [0.15, 0.2) is 17.1 Å². The van der Waals surface area contributed by atoms with E-state index in [2.05, 4.69) is 25.4 Å². The fourth-order valence-corrected chi connectivity index (χ4v) is 4.76. The Labute approximate surface area is 252 Å². The van der Waals surface area contributed by atoms with Gasteiger partial charge in [0.1, 0.15) is 36.1 Å². The van der Waals surface area contributed by atoms with E-state index in [1.165, 1.54) is 12.7 Å². The summed E-state index contributed by atoms with van der Waals surface area (Å²) in [5.41, 5.74) is 2.05. The second-order valence-corrected chi connectivity index (χ2v) is 10.6. The number of anilines is 2. The first-order valence-electron chi connectivity index (χ1n) is 13.5. The van der Waals surface area contributed by atoms with Gasteiger partial charge in [0.05, 0.1) is 30.7 Å². The van der Waals surface area contributed by atoms with E-state index >= 15 is 0 Å². The zero-order valence-corrected chi connectivity index (χ0v) is 24.5. The zero-order chi connectivity index (χ0) is 29.9. The summed E-state index contributed by atoms with van der Waals surface area (Å²) in [6.07, 6.45) is 8.01. The molecule has 0 spiro atoms. The molecular weight excluding hydrogens is 572 g/mol. The number of hydrogen-bond donors (Lipinski definition) is 1. The van der Waals surface area contributed by atoms with Gasteiger partial charge in [-0.1, -0.05) is 17.7 Å². The van der Waals surface area contributed by atoms with Crippen LogP contribution in [0.5, 0.6) is 23.0 Å². The minimum absolute atomic E-state index is 0.0291. The monoisotopic (exact) mass is 600 g/mol. The number of aromatic nitrogens is 5. The normalized spacial score (nSPS) is 13.6. The Morgan fingerprint density at radius 3 is 2.72 bits per heavy atom. The standard InChI is InChI=1S/C30H29ClN8O4/c1-37(2)9-4-5-29(40)38-15-21(16-38)43-27-13-22-24(14-26(27)41-3)32-17-34-30(22)36-19-6-7-25(23(31)11-19)42-20-8-10-39-28(12-20)33-18-35-39/h4-8,10-14,17-18,21H,9,15-16H2,1-3H3,(H,32,34,36)/b5-4+. The molecule has 1 amide bonds. The van der Waals surface area contributed by atoms with Crippen LogP contribution < -0.4 is 19.5 Å². The predicted octanol–water partition coefficient (Wildman–Crippen LogP) is 4.58. The van der Waals surface area contributed by atoms with E-state index in [1.807, 2.05) is 37.2 Å². The van der Waals surface area contributed by atoms with Gasteiger partial charge in [-0.2, -0.15) is 5.10 Å². The lowest BCUT2D eigenvalue weighted by molar-refractivity contribution is -0.134. The molecular formula is C30H29ClN8O4. The molecule has 220 valence electrons. The summed E-state index contributed by atoms with van der Waals surface area (Å²) >= 11 is 6.58. The maximum Gasteiger partial charge on any atom is 0.246 e. The topological polar surface area (TPSA) is 119 Å². The van der Waals surface area contributed by atoms with Gasteiger partial charge in [-0.3, -0.25) is 4.79 Å². The number of nitrogens with zero attached hydrogens (tertiary/aromatic N) is 7. The molecule has 0 bridgehead atoms. The van der Waals surface area contributed by atoms with Crippen LogP contribution >= 0.6 is 11.6 Å². The van der Waals surface area contributed by atoms with Crippen LogP contribution in [0.1, 0.15) is 0 Å². The molecule has 3 aromatic heterocycles. The number of amides is 1. The van der Waals surface area contributed by atoms with Crippen LogP contribution in [-0.2, 0) is 4.79 Å². The second-order valence-electron chi connectivity index (χ2n) is 10.2. The van der Waals surface area contributed by atoms with Crippen molar-refractivity contribution in [1.82, 2.24) is 34.4 Å². The van der Waals surface area contributed by atoms with Crippen LogP contribution in [0.4, 0.5) is 11.5 Å². The van der Waals surface area contributed by atoms with E-state index in [9.17, 15) is 4.79 Å². The molecule has 1 aliphatic rings. The average molecular weight is 601 g/mol. The highest BCUT2D eigenvalue weighted by Gasteiger charge is 2.32. The average Bonchev–Trinajstić information content (AvgIpc) is 3.44. The minimum Gasteiger partial charge on any atom is -0.493 e. The third kappa shape index (κ3) is 6.30. The molecule has 0 unspecified atom stereocenters. The van der Waals surface area contributed by atoms with Gasteiger partial charge >= 0.3 is 0 Å². The van der Waals surface area contributed by atoms with Crippen molar-refractivity contribution in [3.8, 4) is 23.0 Å². The molecule has 13 heteroatoms. The van der Waals surface area contributed by atoms with Crippen LogP contribution in [0, 0.1) is 0 Å². The number of carbonyl (C=O) groups excluding carboxylic acids is 1. The number of ether oxygens (including phenoxy) is 3. The van der Waals surface area contributed by atoms with Crippen molar-refractivity contribution in [2.45, 2.75) is 6.10 Å². The molecule has 0 radical (unpaired) electrons. The van der Waals surface area contributed by atoms with Crippen molar-refractivity contribution in [3.05, 3.63) is 78.5 Å². The van der Waals surface area contributed by atoms with Gasteiger partial charge in [-0.05, 0) is 44.4 Å². The van der Waals surface area contributed by atoms with E-state index < -0.39 is 0 Å². The van der Waals surface area contributed by atoms with Crippen molar-refractivity contribution < 1.29 is 19.0 Å². The van der Waals surface area contributed by atoms with Crippen molar-refractivity contribution in [2.75, 3.05) is 46.2 Å². The first kappa shape index (κ1) is 28.2. The fourth-order valence-electron chi connectivity index (χ4n) is 4.54. The molecule has 12 nitrogen and oxygen atoms in total. The Morgan fingerprint density at radius 2 is 1.93 bits per heavy atom. The van der Waals surface area contributed by atoms with E-state index in [-0.39, 0.29) is 12.0 Å². The third-order valence-electron chi connectivity index (χ3n) is 6.78. The smallest absolute Gasteiger partial charge is 0.246 e. The number of fused-ring (bicyclic) bond motifs is 2. The van der Waals surface area contributed by atoms with Gasteiger partial charge in [-0.15, -0.1) is 0 Å². The zero-order valence-electron chi connectivity index (χ0n) is 23.8. The summed E-state index contributed by atoms with van der Waals surface area (Å²) in [6.45, 7) is 1.68. The molecule has 1 fully saturated rings. The van der Waals surface area contributed by atoms with Crippen molar-refractivity contribution in [3.63, 3.8) is 0 Å². The molecule has 0 atom stereocenters. The number of halogens is 1. The highest BCUT2D eigenvalue weighted by molar-refractivity contribution is 6.32. The molecule has 1 saturated heterocycles. The molecule has 2 aromatic carbocycles. The van der Waals surface area contributed by atoms with Gasteiger partial charge in [0, 0.05) is 42.0 Å². The largest absolute Gasteiger partial charge is 0.493 e. The fraction of sp³-hybridized carbons (Fsp3) is 0.233. The number of likely N-dealkylation sites (N-methyl/N-ethyl adjacent to an activating group) is 1. The molecule has 6 rings (SSSR count). The molecule has 0 saturated carbocycles. The predicted molar refractivity (Wildman–Crippen MR) is 163 cm³/mol. The third-order valence-corrected chi connectivity index (χ3v) is 7.08. The van der Waals surface area contributed by atoms with Crippen LogP contribution in [-0.4, -0.2) is 87.2 Å². The number of methoxy groups -OCH3 is 1. The van der Waals surface area contributed by atoms with Gasteiger partial charge < -0.3 is 29.3 Å². The van der Waals surface area contributed by atoms with Crippen LogP contribution in [0.25, 0.3) is 16.6 Å². The number of benzene rings is 2. The lowest BCUT2D eigenvalue weighted by atomic mass is 10.1. The van der Waals surface area contributed by atoms with E-state index in [4.69, 9.17) is 25.8 Å². The summed E-state index contributed by atoms with van der Waals surface area (Å²) in [6, 6.07) is 12.6. The summed E-state index contributed by atoms with van der Waals surface area (Å²) in [5, 5.41) is 8.56. The maximum atomic E-state index is 12.4. The summed E-state index contributed by atoms with van der Waals surface area (Å²) in [7, 11) is 5.49. The summed E-state index contributed by atoms with van der Waals surface area (Å²) < 4.78 is 19.5. The molecule has 0 aliphatic carbocycles. The Balaban J connectivity index is 1.16. The highest BCUT2D eigenvalue weighted by atomic mass is 35.5. The first-order chi connectivity index (χ1) is 20.9. The van der Waals surface area contributed by atoms with Gasteiger partial charge in [-0.25, -0.2) is 19.5 Å². The number of hydrogen-bond acceptors (Lipinski definition) is 10. The van der Waals surface area contributed by atoms with Crippen molar-refractivity contribution >= 4 is 45.6 Å². The first-order valence-corrected chi connectivity index (χ1v) is 13.9. The van der Waals surface area contributed by atoms with Crippen LogP contribution in [0.2, 0.25) is 5.02 Å². The maximum absolute atomic E-state index is 12.4. The molecule has 43 heavy (non-hydrogen) atoms. The van der Waals surface area contributed by atoms with Gasteiger partial charge in [0.2, 0.25) is 5.91 Å². The number of pyridine rings is 1. The lowest BCUT2D eigenvalue weighted by Crippen LogP contribution is -2.55. The number of likely N-dealkylation sites (tertiary alicyclic amines) is 1. The molecule has 1 N–H and O–H groups in total. The summed E-state index contributed by atoms with van der Waals surface area (Å²) in [5.74, 6) is 2.70. The second kappa shape index (κ2) is 12.1. The van der Waals surface area contributed by atoms with E-state index in [0.29, 0.717) is 70.3 Å². The molecule has 4 heterocycles. The van der Waals surface area contributed by atoms with Crippen molar-refractivity contribution in [2.24, 2.45) is 0 Å². The van der Waals surface area contributed by atoms with Crippen molar-refractivity contribution in [1.29, 1.82) is 0 Å². The van der Waals surface area contributed by atoms with Crippen LogP contribution in [0.3, 0.4) is 0 Å². The highest BCUT2D eigenvalue weighted by Crippen LogP contribution is 2.37. The SMILES string of the molecule is COc1cc2ncnc(Nc3ccc(Oc4ccn5ncnc5c4)c(Cl)c3)c2cc1OC1CN(C(=O)/C=C/CN(C)C)C1. The minimum atomic E-state index is -0.157. The molecule has 5 aromatic rings. The molecule has 1 aliphatic heterocycles. The number of carbonyl (C=O) groups is 1. The van der Waals surface area contributed by atoms with Crippen LogP contribution in [0.15, 0.2) is 73.5 Å². The number of nitrogens with one attached hydrogen (secondary N) is 1. The summed E-state index contributed by atoms with van der Waals surface area (Å²) in [4.78, 5) is 29.2. The number of rotatable bonds is 10. The lowest BCUT2D eigenvalue weighted by Gasteiger charge is -2.38. The quantitative estimate of drug-likeness (QED) is 0.228. The Hall–Kier alpha value is -4.94. The van der Waals surface area contributed by atoms with Gasteiger partial charge in [0.25, 0.3) is 0 Å². The van der Waals surface area contributed by atoms with E-state index in [0.717, 1.165) is 5.39 Å². The van der Waals surface area contributed by atoms with E-state index in [1.54, 1.807) is 59.1 Å². The Bertz CT molecular complexity index is 1820. The Morgan fingerprint density at radius 1 is 1.07 bits per heavy atom.